The van der Waals surface area contributed by atoms with Crippen LogP contribution < -0.4 is 0 Å². The van der Waals surface area contributed by atoms with Crippen LogP contribution in [0.1, 0.15) is 50.9 Å². The van der Waals surface area contributed by atoms with Gasteiger partial charge in [-0.1, -0.05) is 79.7 Å². The van der Waals surface area contributed by atoms with Crippen molar-refractivity contribution in [3.8, 4) is 0 Å². The molecule has 4 nitrogen and oxygen atoms in total. The Morgan fingerprint density at radius 3 is 2.00 bits per heavy atom. The number of hydrogen-bond acceptors (Lipinski definition) is 3. The minimum Gasteiger partial charge on any atom is -0.481 e. The molecule has 0 heterocycles. The lowest BCUT2D eigenvalue weighted by molar-refractivity contribution is -0.136. The summed E-state index contributed by atoms with van der Waals surface area (Å²) in [6, 6.07) is -0.616. The van der Waals surface area contributed by atoms with Gasteiger partial charge in [0.2, 0.25) is 0 Å². The number of allylic oxidation sites excluding steroid dienone is 8. The number of aliphatic hydroxyl groups is 2. The Labute approximate surface area is 162 Å². The second kappa shape index (κ2) is 17.6. The zero-order valence-electron chi connectivity index (χ0n) is 19.3. The van der Waals surface area contributed by atoms with Crippen molar-refractivity contribution in [1.29, 1.82) is 0 Å². The van der Waals surface area contributed by atoms with Gasteiger partial charge in [0.25, 0.3) is 0 Å². The van der Waals surface area contributed by atoms with Crippen molar-refractivity contribution >= 4 is 5.97 Å². The van der Waals surface area contributed by atoms with E-state index in [1.807, 2.05) is 19.1 Å². The Kier molecular flexibility index (Phi) is 11.7. The van der Waals surface area contributed by atoms with Crippen LogP contribution in [0.3, 0.4) is 0 Å². The average molecular weight is 365 g/mol. The lowest BCUT2D eigenvalue weighted by Crippen LogP contribution is -1.99. The summed E-state index contributed by atoms with van der Waals surface area (Å²) in [6.45, 7) is 1.99. The molecule has 0 aliphatic rings. The first-order valence-electron chi connectivity index (χ1n) is 10.7. The summed E-state index contributed by atoms with van der Waals surface area (Å²) in [5.74, 6) is -0.887. The Bertz CT molecular complexity index is 706. The Hall–Kier alpha value is -2.17. The average Bonchev–Trinajstić information content (AvgIpc) is 2.69. The van der Waals surface area contributed by atoms with E-state index in [-0.39, 0.29) is 43.5 Å². The molecule has 0 aliphatic heterocycles. The smallest absolute Gasteiger partial charge is 0.303 e. The van der Waals surface area contributed by atoms with Crippen LogP contribution in [0.5, 0.6) is 0 Å². The number of aliphatic hydroxyl groups excluding tert-OH is 2. The van der Waals surface area contributed by atoms with Gasteiger partial charge in [0.1, 0.15) is 0 Å². The molecule has 0 aromatic carbocycles. The van der Waals surface area contributed by atoms with Gasteiger partial charge < -0.3 is 15.3 Å². The molecule has 0 fully saturated rings. The van der Waals surface area contributed by atoms with Crippen LogP contribution in [0, 0.1) is 0 Å². The van der Waals surface area contributed by atoms with Gasteiger partial charge in [-0.2, -0.15) is 0 Å². The monoisotopic (exact) mass is 364 g/mol. The van der Waals surface area contributed by atoms with E-state index in [1.54, 1.807) is 12.2 Å². The molecule has 0 aromatic rings. The van der Waals surface area contributed by atoms with Gasteiger partial charge >= 0.3 is 5.97 Å². The van der Waals surface area contributed by atoms with Crippen molar-refractivity contribution in [3.63, 3.8) is 0 Å². The van der Waals surface area contributed by atoms with Gasteiger partial charge in [-0.3, -0.25) is 4.79 Å². The third-order valence-electron chi connectivity index (χ3n) is 3.03. The van der Waals surface area contributed by atoms with Crippen LogP contribution in [0.4, 0.5) is 0 Å². The molecule has 2 atom stereocenters. The van der Waals surface area contributed by atoms with Gasteiger partial charge in [0.15, 0.2) is 0 Å². The second-order valence-electron chi connectivity index (χ2n) is 5.43. The largest absolute Gasteiger partial charge is 0.481 e. The molecule has 0 rings (SSSR count). The summed E-state index contributed by atoms with van der Waals surface area (Å²) in [5, 5.41) is 28.1. The maximum Gasteiger partial charge on any atom is 0.303 e. The van der Waals surface area contributed by atoms with Crippen molar-refractivity contribution in [2.75, 3.05) is 0 Å². The lowest BCUT2D eigenvalue weighted by atomic mass is 10.2. The molecule has 0 aromatic heterocycles. The van der Waals surface area contributed by atoms with Crippen molar-refractivity contribution < 1.29 is 25.6 Å². The fraction of sp³-hybridized carbons (Fsp3) is 0.409. The SMILES string of the molecule is [2H]C(C=C[C@@H](O)CC=CCC)=C([2H])CC([2H])=C([2H])C=C[C@@H](O)CC=CCCC(=O)O. The van der Waals surface area contributed by atoms with E-state index in [0.29, 0.717) is 12.8 Å². The number of aliphatic carboxylic acids is 1. The highest BCUT2D eigenvalue weighted by Crippen LogP contribution is 2.00. The molecule has 0 aliphatic carbocycles. The highest BCUT2D eigenvalue weighted by atomic mass is 16.4. The van der Waals surface area contributed by atoms with Crippen LogP contribution in [0.15, 0.2) is 72.8 Å². The van der Waals surface area contributed by atoms with E-state index in [2.05, 4.69) is 0 Å². The van der Waals surface area contributed by atoms with Crippen LogP contribution in [0.2, 0.25) is 0 Å². The number of carbonyl (C=O) groups is 1. The van der Waals surface area contributed by atoms with Crippen LogP contribution in [-0.4, -0.2) is 33.5 Å². The van der Waals surface area contributed by atoms with Gasteiger partial charge in [0.05, 0.1) is 17.7 Å². The van der Waals surface area contributed by atoms with E-state index in [4.69, 9.17) is 10.6 Å². The maximum absolute atomic E-state index is 10.4. The molecule has 0 unspecified atom stereocenters. The minimum absolute atomic E-state index is 0.0231. The van der Waals surface area contributed by atoms with Gasteiger partial charge in [-0.15, -0.1) is 0 Å². The summed E-state index contributed by atoms with van der Waals surface area (Å²) < 4.78 is 31.4. The van der Waals surface area contributed by atoms with Crippen molar-refractivity contribution in [2.24, 2.45) is 0 Å². The lowest BCUT2D eigenvalue weighted by Gasteiger charge is -1.99. The molecule has 144 valence electrons. The number of carboxylic acids is 1. The molecule has 0 bridgehead atoms. The predicted octanol–water partition coefficient (Wildman–Crippen LogP) is 4.49. The fourth-order valence-corrected chi connectivity index (χ4v) is 1.70. The van der Waals surface area contributed by atoms with Crippen molar-refractivity contribution in [3.05, 3.63) is 72.8 Å². The second-order valence-corrected chi connectivity index (χ2v) is 5.43. The molecule has 0 saturated carbocycles. The molecular weight excluding hydrogens is 328 g/mol. The maximum atomic E-state index is 10.4. The van der Waals surface area contributed by atoms with E-state index in [1.165, 1.54) is 24.3 Å². The third-order valence-corrected chi connectivity index (χ3v) is 3.03. The summed E-state index contributed by atoms with van der Waals surface area (Å²) in [7, 11) is 0. The highest BCUT2D eigenvalue weighted by molar-refractivity contribution is 5.66. The molecule has 4 heteroatoms. The van der Waals surface area contributed by atoms with Crippen molar-refractivity contribution in [1.82, 2.24) is 0 Å². The Morgan fingerprint density at radius 2 is 1.50 bits per heavy atom. The Morgan fingerprint density at radius 1 is 0.962 bits per heavy atom. The van der Waals surface area contributed by atoms with Gasteiger partial charge in [0, 0.05) is 6.42 Å². The summed E-state index contributed by atoms with van der Waals surface area (Å²) in [5.41, 5.74) is 0. The van der Waals surface area contributed by atoms with Crippen LogP contribution >= 0.6 is 0 Å². The summed E-state index contributed by atoms with van der Waals surface area (Å²) in [6.07, 6.45) is 12.6. The standard InChI is InChI=1S/C22H32O4/c1-2-3-10-15-20(23)16-11-7-5-4-6-8-12-17-21(24)18-13-9-14-19-22(25)26/h3,5-13,16-17,20-21,23-24H,2,4,14-15,18-19H2,1H3,(H,25,26)/t20-,21+/m0/s1/i5D,6D,7D,8D. The van der Waals surface area contributed by atoms with E-state index < -0.39 is 18.2 Å². The molecule has 0 amide bonds. The third kappa shape index (κ3) is 18.2. The Balaban J connectivity index is 4.72. The molecule has 3 N–H and O–H groups in total. The molecule has 0 radical (unpaired) electrons. The van der Waals surface area contributed by atoms with Crippen LogP contribution in [0.25, 0.3) is 0 Å². The van der Waals surface area contributed by atoms with Crippen LogP contribution in [-0.2, 0) is 4.79 Å². The van der Waals surface area contributed by atoms with Gasteiger partial charge in [-0.05, 0) is 32.1 Å². The topological polar surface area (TPSA) is 77.8 Å². The first-order chi connectivity index (χ1) is 14.2. The van der Waals surface area contributed by atoms with Crippen molar-refractivity contribution in [2.45, 2.75) is 57.7 Å². The van der Waals surface area contributed by atoms with E-state index in [9.17, 15) is 15.0 Å². The molecular formula is C22H32O4. The normalized spacial score (nSPS) is 19.2. The summed E-state index contributed by atoms with van der Waals surface area (Å²) >= 11 is 0. The predicted molar refractivity (Wildman–Crippen MR) is 108 cm³/mol. The molecule has 0 spiro atoms. The summed E-state index contributed by atoms with van der Waals surface area (Å²) in [4.78, 5) is 10.4. The van der Waals surface area contributed by atoms with Gasteiger partial charge in [-0.25, -0.2) is 0 Å². The first-order valence-corrected chi connectivity index (χ1v) is 8.74. The molecule has 26 heavy (non-hydrogen) atoms. The van der Waals surface area contributed by atoms with E-state index >= 15 is 0 Å². The highest BCUT2D eigenvalue weighted by Gasteiger charge is 1.95. The first kappa shape index (κ1) is 17.3. The zero-order valence-corrected chi connectivity index (χ0v) is 15.3. The molecule has 0 saturated heterocycles. The minimum atomic E-state index is -0.887. The van der Waals surface area contributed by atoms with E-state index in [0.717, 1.165) is 6.42 Å². The quantitative estimate of drug-likeness (QED) is 0.313. The zero-order chi connectivity index (χ0) is 22.9. The number of carboxylic acid groups (broad SMARTS) is 1. The number of rotatable bonds is 14. The number of hydrogen-bond donors (Lipinski definition) is 3. The fourth-order valence-electron chi connectivity index (χ4n) is 1.70.